The lowest BCUT2D eigenvalue weighted by Gasteiger charge is -2.27. The summed E-state index contributed by atoms with van der Waals surface area (Å²) in [5, 5.41) is 0. The van der Waals surface area contributed by atoms with Gasteiger partial charge in [0.05, 0.1) is 0 Å². The van der Waals surface area contributed by atoms with Crippen molar-refractivity contribution in [3.63, 3.8) is 0 Å². The second-order valence-electron chi connectivity index (χ2n) is 5.74. The van der Waals surface area contributed by atoms with Crippen LogP contribution in [0.3, 0.4) is 0 Å². The molecule has 3 rings (SSSR count). The maximum atomic E-state index is 12.3. The zero-order valence-electron chi connectivity index (χ0n) is 9.64. The fourth-order valence-electron chi connectivity index (χ4n) is 4.14. The molecular formula is C14H20O. The van der Waals surface area contributed by atoms with Gasteiger partial charge in [-0.3, -0.25) is 4.79 Å². The Bertz CT molecular complexity index is 339. The monoisotopic (exact) mass is 204 g/mol. The molecule has 3 aliphatic carbocycles. The van der Waals surface area contributed by atoms with Crippen molar-refractivity contribution in [1.29, 1.82) is 0 Å². The highest BCUT2D eigenvalue weighted by molar-refractivity contribution is 6.02. The maximum absolute atomic E-state index is 12.3. The Kier molecular flexibility index (Phi) is 2.05. The smallest absolute Gasteiger partial charge is 0.162 e. The fraction of sp³-hybridized carbons (Fsp3) is 0.786. The molecule has 1 heteroatoms. The van der Waals surface area contributed by atoms with Gasteiger partial charge in [-0.05, 0) is 49.5 Å². The first-order valence-electron chi connectivity index (χ1n) is 6.50. The standard InChI is InChI=1S/C14H20O/c1-14-9-5-8-12(14)13(15)10-6-3-2-4-7-11(10)14/h12H,2-9H2,1H3/t12-,14+/m0/s1. The van der Waals surface area contributed by atoms with E-state index in [2.05, 4.69) is 6.92 Å². The van der Waals surface area contributed by atoms with Crippen molar-refractivity contribution in [3.05, 3.63) is 11.1 Å². The van der Waals surface area contributed by atoms with Crippen LogP contribution >= 0.6 is 0 Å². The fourth-order valence-corrected chi connectivity index (χ4v) is 4.14. The van der Waals surface area contributed by atoms with Gasteiger partial charge in [-0.25, -0.2) is 0 Å². The van der Waals surface area contributed by atoms with Crippen LogP contribution in [0, 0.1) is 11.3 Å². The molecular weight excluding hydrogens is 184 g/mol. The summed E-state index contributed by atoms with van der Waals surface area (Å²) in [5.41, 5.74) is 3.13. The lowest BCUT2D eigenvalue weighted by atomic mass is 9.76. The van der Waals surface area contributed by atoms with Crippen molar-refractivity contribution in [2.45, 2.75) is 58.3 Å². The molecule has 3 aliphatic rings. The minimum Gasteiger partial charge on any atom is -0.294 e. The SMILES string of the molecule is C[C@]12CCC[C@H]1C(=O)C1=C2CCCCC1. The predicted octanol–water partition coefficient (Wildman–Crippen LogP) is 3.64. The van der Waals surface area contributed by atoms with Gasteiger partial charge in [-0.1, -0.05) is 25.3 Å². The van der Waals surface area contributed by atoms with E-state index in [4.69, 9.17) is 0 Å². The van der Waals surface area contributed by atoms with Crippen molar-refractivity contribution in [2.75, 3.05) is 0 Å². The Balaban J connectivity index is 2.05. The van der Waals surface area contributed by atoms with Gasteiger partial charge < -0.3 is 0 Å². The molecule has 0 N–H and O–H groups in total. The number of ketones is 1. The summed E-state index contributed by atoms with van der Waals surface area (Å²) in [6, 6.07) is 0. The second kappa shape index (κ2) is 3.20. The zero-order chi connectivity index (χ0) is 10.5. The van der Waals surface area contributed by atoms with Crippen molar-refractivity contribution < 1.29 is 4.79 Å². The van der Waals surface area contributed by atoms with Crippen LogP contribution in [-0.2, 0) is 4.79 Å². The normalized spacial score (nSPS) is 40.3. The van der Waals surface area contributed by atoms with Crippen LogP contribution in [0.25, 0.3) is 0 Å². The lowest BCUT2D eigenvalue weighted by Crippen LogP contribution is -2.23. The number of allylic oxidation sites excluding steroid dienone is 2. The van der Waals surface area contributed by atoms with Gasteiger partial charge >= 0.3 is 0 Å². The van der Waals surface area contributed by atoms with E-state index < -0.39 is 0 Å². The van der Waals surface area contributed by atoms with Gasteiger partial charge in [0.25, 0.3) is 0 Å². The molecule has 0 radical (unpaired) electrons. The third-order valence-electron chi connectivity index (χ3n) is 4.98. The van der Waals surface area contributed by atoms with Crippen LogP contribution in [0.1, 0.15) is 58.3 Å². The van der Waals surface area contributed by atoms with Gasteiger partial charge in [-0.15, -0.1) is 0 Å². The quantitative estimate of drug-likeness (QED) is 0.589. The highest BCUT2D eigenvalue weighted by atomic mass is 16.1. The topological polar surface area (TPSA) is 17.1 Å². The van der Waals surface area contributed by atoms with Crippen LogP contribution < -0.4 is 0 Å². The summed E-state index contributed by atoms with van der Waals surface area (Å²) >= 11 is 0. The summed E-state index contributed by atoms with van der Waals surface area (Å²) in [4.78, 5) is 12.3. The van der Waals surface area contributed by atoms with Crippen molar-refractivity contribution >= 4 is 5.78 Å². The van der Waals surface area contributed by atoms with Crippen molar-refractivity contribution in [2.24, 2.45) is 11.3 Å². The van der Waals surface area contributed by atoms with Crippen LogP contribution in [0.5, 0.6) is 0 Å². The Hall–Kier alpha value is -0.590. The van der Waals surface area contributed by atoms with Gasteiger partial charge in [0.15, 0.2) is 5.78 Å². The Labute approximate surface area is 91.9 Å². The van der Waals surface area contributed by atoms with Crippen LogP contribution in [0.2, 0.25) is 0 Å². The number of rotatable bonds is 0. The van der Waals surface area contributed by atoms with Crippen LogP contribution in [0.4, 0.5) is 0 Å². The van der Waals surface area contributed by atoms with Crippen LogP contribution in [0.15, 0.2) is 11.1 Å². The molecule has 0 amide bonds. The average molecular weight is 204 g/mol. The first kappa shape index (κ1) is 9.62. The van der Waals surface area contributed by atoms with Gasteiger partial charge in [0, 0.05) is 5.92 Å². The van der Waals surface area contributed by atoms with E-state index in [0.29, 0.717) is 11.7 Å². The molecule has 0 spiro atoms. The first-order valence-corrected chi connectivity index (χ1v) is 6.50. The third kappa shape index (κ3) is 1.18. The zero-order valence-corrected chi connectivity index (χ0v) is 9.64. The summed E-state index contributed by atoms with van der Waals surface area (Å²) < 4.78 is 0. The molecule has 2 atom stereocenters. The molecule has 0 heterocycles. The summed E-state index contributed by atoms with van der Waals surface area (Å²) in [6.45, 7) is 2.36. The highest BCUT2D eigenvalue weighted by Crippen LogP contribution is 2.57. The van der Waals surface area contributed by atoms with E-state index in [-0.39, 0.29) is 5.41 Å². The Morgan fingerprint density at radius 2 is 1.93 bits per heavy atom. The number of carbonyl (C=O) groups is 1. The van der Waals surface area contributed by atoms with Gasteiger partial charge in [0.1, 0.15) is 0 Å². The molecule has 0 unspecified atom stereocenters. The van der Waals surface area contributed by atoms with E-state index in [1.165, 1.54) is 44.1 Å². The molecule has 0 aromatic heterocycles. The third-order valence-corrected chi connectivity index (χ3v) is 4.98. The molecule has 0 aromatic rings. The number of hydrogen-bond acceptors (Lipinski definition) is 1. The lowest BCUT2D eigenvalue weighted by molar-refractivity contribution is -0.119. The van der Waals surface area contributed by atoms with Crippen LogP contribution in [-0.4, -0.2) is 5.78 Å². The van der Waals surface area contributed by atoms with E-state index in [9.17, 15) is 4.79 Å². The number of hydrogen-bond donors (Lipinski definition) is 0. The molecule has 15 heavy (non-hydrogen) atoms. The number of Topliss-reactive ketones (excluding diaryl/α,β-unsaturated/α-hetero) is 1. The first-order chi connectivity index (χ1) is 7.23. The van der Waals surface area contributed by atoms with E-state index in [1.54, 1.807) is 5.57 Å². The van der Waals surface area contributed by atoms with Crippen molar-refractivity contribution in [1.82, 2.24) is 0 Å². The molecule has 1 saturated carbocycles. The average Bonchev–Trinajstić information content (AvgIpc) is 2.58. The van der Waals surface area contributed by atoms with E-state index in [1.807, 2.05) is 0 Å². The van der Waals surface area contributed by atoms with Gasteiger partial charge in [0.2, 0.25) is 0 Å². The molecule has 0 aliphatic heterocycles. The minimum atomic E-state index is 0.288. The minimum absolute atomic E-state index is 0.288. The molecule has 82 valence electrons. The number of carbonyl (C=O) groups excluding carboxylic acids is 1. The molecule has 0 aromatic carbocycles. The largest absolute Gasteiger partial charge is 0.294 e. The molecule has 0 bridgehead atoms. The summed E-state index contributed by atoms with van der Waals surface area (Å²) in [5.74, 6) is 0.910. The molecule has 1 nitrogen and oxygen atoms in total. The van der Waals surface area contributed by atoms with E-state index >= 15 is 0 Å². The molecule has 0 saturated heterocycles. The number of fused-ring (bicyclic) bond motifs is 2. The maximum Gasteiger partial charge on any atom is 0.162 e. The van der Waals surface area contributed by atoms with E-state index in [0.717, 1.165) is 12.8 Å². The summed E-state index contributed by atoms with van der Waals surface area (Å²) in [7, 11) is 0. The summed E-state index contributed by atoms with van der Waals surface area (Å²) in [6.07, 6.45) is 9.87. The highest BCUT2D eigenvalue weighted by Gasteiger charge is 2.52. The second-order valence-corrected chi connectivity index (χ2v) is 5.74. The Morgan fingerprint density at radius 1 is 1.13 bits per heavy atom. The predicted molar refractivity (Wildman–Crippen MR) is 60.6 cm³/mol. The van der Waals surface area contributed by atoms with Crippen molar-refractivity contribution in [3.8, 4) is 0 Å². The van der Waals surface area contributed by atoms with Gasteiger partial charge in [-0.2, -0.15) is 0 Å². The Morgan fingerprint density at radius 3 is 2.80 bits per heavy atom. The molecule has 1 fully saturated rings.